The highest BCUT2D eigenvalue weighted by atomic mass is 35.5. The fraction of sp³-hybridized carbons (Fsp3) is 0.188. The third kappa shape index (κ3) is 3.36. The van der Waals surface area contributed by atoms with Gasteiger partial charge in [0.1, 0.15) is 0 Å². The Hall–Kier alpha value is -1.80. The van der Waals surface area contributed by atoms with Gasteiger partial charge in [0.15, 0.2) is 0 Å². The van der Waals surface area contributed by atoms with Crippen molar-refractivity contribution in [2.24, 2.45) is 0 Å². The van der Waals surface area contributed by atoms with Crippen molar-refractivity contribution in [1.82, 2.24) is 5.32 Å². The smallest absolute Gasteiger partial charge is 0.251 e. The fourth-order valence-electron chi connectivity index (χ4n) is 1.84. The number of carbonyl (C=O) groups excluding carboxylic acids is 1. The van der Waals surface area contributed by atoms with E-state index in [1.165, 1.54) is 0 Å². The third-order valence-corrected chi connectivity index (χ3v) is 3.49. The maximum atomic E-state index is 12.1. The van der Waals surface area contributed by atoms with Gasteiger partial charge in [-0.2, -0.15) is 0 Å². The van der Waals surface area contributed by atoms with Gasteiger partial charge >= 0.3 is 0 Å². The molecule has 2 aromatic rings. The predicted molar refractivity (Wildman–Crippen MR) is 78.5 cm³/mol. The van der Waals surface area contributed by atoms with Crippen molar-refractivity contribution >= 4 is 17.5 Å². The first-order chi connectivity index (χ1) is 9.08. The minimum atomic E-state index is -0.113. The zero-order valence-electron chi connectivity index (χ0n) is 11.0. The second kappa shape index (κ2) is 5.89. The third-order valence-electron chi connectivity index (χ3n) is 3.08. The number of rotatable bonds is 3. The number of halogens is 1. The van der Waals surface area contributed by atoms with E-state index >= 15 is 0 Å². The van der Waals surface area contributed by atoms with Crippen LogP contribution in [-0.2, 0) is 0 Å². The molecule has 2 aromatic carbocycles. The first kappa shape index (κ1) is 13.6. The molecule has 0 saturated carbocycles. The average Bonchev–Trinajstić information content (AvgIpc) is 2.42. The lowest BCUT2D eigenvalue weighted by atomic mass is 10.1. The summed E-state index contributed by atoms with van der Waals surface area (Å²) in [7, 11) is 0. The van der Waals surface area contributed by atoms with Crippen LogP contribution in [0, 0.1) is 6.92 Å². The molecule has 1 atom stereocenters. The fourth-order valence-corrected chi connectivity index (χ4v) is 2.02. The van der Waals surface area contributed by atoms with Gasteiger partial charge in [0.05, 0.1) is 6.04 Å². The van der Waals surface area contributed by atoms with Crippen molar-refractivity contribution in [2.45, 2.75) is 19.9 Å². The highest BCUT2D eigenvalue weighted by molar-refractivity contribution is 6.31. The monoisotopic (exact) mass is 273 g/mol. The summed E-state index contributed by atoms with van der Waals surface area (Å²) in [5.41, 5.74) is 2.63. The Balaban J connectivity index is 2.11. The molecule has 0 bridgehead atoms. The Morgan fingerprint density at radius 3 is 2.47 bits per heavy atom. The summed E-state index contributed by atoms with van der Waals surface area (Å²) in [5.74, 6) is -0.113. The molecule has 3 heteroatoms. The Labute approximate surface area is 118 Å². The van der Waals surface area contributed by atoms with E-state index in [9.17, 15) is 4.79 Å². The van der Waals surface area contributed by atoms with Gasteiger partial charge in [0, 0.05) is 10.6 Å². The molecular weight excluding hydrogens is 258 g/mol. The maximum Gasteiger partial charge on any atom is 0.251 e. The largest absolute Gasteiger partial charge is 0.346 e. The number of hydrogen-bond acceptors (Lipinski definition) is 1. The highest BCUT2D eigenvalue weighted by Gasteiger charge is 2.11. The summed E-state index contributed by atoms with van der Waals surface area (Å²) in [6.07, 6.45) is 0. The molecule has 0 aliphatic heterocycles. The molecule has 19 heavy (non-hydrogen) atoms. The van der Waals surface area contributed by atoms with E-state index in [-0.39, 0.29) is 11.9 Å². The van der Waals surface area contributed by atoms with Crippen LogP contribution < -0.4 is 5.32 Å². The molecule has 1 unspecified atom stereocenters. The van der Waals surface area contributed by atoms with Gasteiger partial charge in [0.25, 0.3) is 5.91 Å². The topological polar surface area (TPSA) is 29.1 Å². The highest BCUT2D eigenvalue weighted by Crippen LogP contribution is 2.18. The molecule has 0 spiro atoms. The van der Waals surface area contributed by atoms with E-state index in [4.69, 9.17) is 11.6 Å². The van der Waals surface area contributed by atoms with E-state index in [0.717, 1.165) is 11.1 Å². The maximum absolute atomic E-state index is 12.1. The molecule has 1 N–H and O–H groups in total. The SMILES string of the molecule is Cc1ccc(C(=O)NC(C)c2ccccc2)cc1Cl. The van der Waals surface area contributed by atoms with Crippen LogP contribution in [0.2, 0.25) is 5.02 Å². The minimum Gasteiger partial charge on any atom is -0.346 e. The van der Waals surface area contributed by atoms with E-state index in [0.29, 0.717) is 10.6 Å². The molecule has 0 fully saturated rings. The molecule has 0 aliphatic rings. The average molecular weight is 274 g/mol. The van der Waals surface area contributed by atoms with Gasteiger partial charge < -0.3 is 5.32 Å². The Bertz CT molecular complexity index is 581. The van der Waals surface area contributed by atoms with Crippen molar-refractivity contribution in [1.29, 1.82) is 0 Å². The van der Waals surface area contributed by atoms with Crippen molar-refractivity contribution in [3.63, 3.8) is 0 Å². The molecule has 0 heterocycles. The van der Waals surface area contributed by atoms with Crippen LogP contribution in [0.25, 0.3) is 0 Å². The molecule has 0 radical (unpaired) electrons. The lowest BCUT2D eigenvalue weighted by molar-refractivity contribution is 0.0940. The van der Waals surface area contributed by atoms with Crippen LogP contribution in [0.5, 0.6) is 0 Å². The van der Waals surface area contributed by atoms with Crippen LogP contribution in [0.3, 0.4) is 0 Å². The minimum absolute atomic E-state index is 0.0335. The Morgan fingerprint density at radius 1 is 1.16 bits per heavy atom. The standard InChI is InChI=1S/C16H16ClNO/c1-11-8-9-14(10-15(11)17)16(19)18-12(2)13-6-4-3-5-7-13/h3-10,12H,1-2H3,(H,18,19). The van der Waals surface area contributed by atoms with Crippen LogP contribution in [0.15, 0.2) is 48.5 Å². The summed E-state index contributed by atoms with van der Waals surface area (Å²) in [6, 6.07) is 15.2. The molecule has 0 aliphatic carbocycles. The summed E-state index contributed by atoms with van der Waals surface area (Å²) in [5, 5.41) is 3.57. The van der Waals surface area contributed by atoms with E-state index in [2.05, 4.69) is 5.32 Å². The van der Waals surface area contributed by atoms with Gasteiger partial charge in [-0.1, -0.05) is 48.0 Å². The summed E-state index contributed by atoms with van der Waals surface area (Å²) in [4.78, 5) is 12.1. The van der Waals surface area contributed by atoms with E-state index in [1.54, 1.807) is 12.1 Å². The van der Waals surface area contributed by atoms with Gasteiger partial charge in [-0.3, -0.25) is 4.79 Å². The number of amides is 1. The van der Waals surface area contributed by atoms with Gasteiger partial charge in [0.2, 0.25) is 0 Å². The molecule has 0 aromatic heterocycles. The van der Waals surface area contributed by atoms with Crippen LogP contribution >= 0.6 is 11.6 Å². The van der Waals surface area contributed by atoms with Gasteiger partial charge in [-0.25, -0.2) is 0 Å². The zero-order valence-corrected chi connectivity index (χ0v) is 11.7. The first-order valence-electron chi connectivity index (χ1n) is 6.20. The Kier molecular flexibility index (Phi) is 4.23. The molecule has 0 saturated heterocycles. The molecule has 1 amide bonds. The molecule has 98 valence electrons. The normalized spacial score (nSPS) is 11.9. The van der Waals surface area contributed by atoms with Crippen LogP contribution in [0.4, 0.5) is 0 Å². The summed E-state index contributed by atoms with van der Waals surface area (Å²) in [6.45, 7) is 3.87. The number of nitrogens with one attached hydrogen (secondary N) is 1. The second-order valence-corrected chi connectivity index (χ2v) is 4.98. The van der Waals surface area contributed by atoms with Crippen LogP contribution in [0.1, 0.15) is 34.5 Å². The van der Waals surface area contributed by atoms with Crippen molar-refractivity contribution in [3.05, 3.63) is 70.2 Å². The summed E-state index contributed by atoms with van der Waals surface area (Å²) < 4.78 is 0. The predicted octanol–water partition coefficient (Wildman–Crippen LogP) is 4.14. The number of aryl methyl sites for hydroxylation is 1. The molecule has 2 rings (SSSR count). The summed E-state index contributed by atoms with van der Waals surface area (Å²) >= 11 is 6.03. The van der Waals surface area contributed by atoms with Gasteiger partial charge in [-0.05, 0) is 37.1 Å². The van der Waals surface area contributed by atoms with Crippen molar-refractivity contribution in [3.8, 4) is 0 Å². The van der Waals surface area contributed by atoms with Crippen molar-refractivity contribution in [2.75, 3.05) is 0 Å². The first-order valence-corrected chi connectivity index (χ1v) is 6.57. The van der Waals surface area contributed by atoms with Gasteiger partial charge in [-0.15, -0.1) is 0 Å². The zero-order chi connectivity index (χ0) is 13.8. The van der Waals surface area contributed by atoms with E-state index < -0.39 is 0 Å². The lowest BCUT2D eigenvalue weighted by Crippen LogP contribution is -2.26. The number of hydrogen-bond donors (Lipinski definition) is 1. The lowest BCUT2D eigenvalue weighted by Gasteiger charge is -2.14. The quantitative estimate of drug-likeness (QED) is 0.895. The second-order valence-electron chi connectivity index (χ2n) is 4.57. The number of carbonyl (C=O) groups is 1. The van der Waals surface area contributed by atoms with Crippen LogP contribution in [-0.4, -0.2) is 5.91 Å². The molecule has 2 nitrogen and oxygen atoms in total. The Morgan fingerprint density at radius 2 is 1.84 bits per heavy atom. The number of benzene rings is 2. The van der Waals surface area contributed by atoms with Crippen molar-refractivity contribution < 1.29 is 4.79 Å². The molecular formula is C16H16ClNO. The van der Waals surface area contributed by atoms with E-state index in [1.807, 2.05) is 50.2 Å².